The van der Waals surface area contributed by atoms with Gasteiger partial charge in [-0.1, -0.05) is 11.3 Å². The average molecular weight is 470 g/mol. The summed E-state index contributed by atoms with van der Waals surface area (Å²) in [6.45, 7) is 4.79. The van der Waals surface area contributed by atoms with E-state index in [0.29, 0.717) is 30.1 Å². The van der Waals surface area contributed by atoms with Crippen molar-refractivity contribution in [2.24, 2.45) is 0 Å². The highest BCUT2D eigenvalue weighted by Gasteiger charge is 2.41. The van der Waals surface area contributed by atoms with Crippen molar-refractivity contribution in [2.75, 3.05) is 31.1 Å². The summed E-state index contributed by atoms with van der Waals surface area (Å²) in [6.07, 6.45) is 1.85. The third-order valence-electron chi connectivity index (χ3n) is 5.56. The molecule has 1 aliphatic heterocycles. The van der Waals surface area contributed by atoms with Crippen LogP contribution < -0.4 is 14.9 Å². The van der Waals surface area contributed by atoms with E-state index in [9.17, 15) is 17.2 Å². The van der Waals surface area contributed by atoms with Crippen molar-refractivity contribution in [3.8, 4) is 10.7 Å². The number of sulfonamides is 1. The number of piperazine rings is 1. The summed E-state index contributed by atoms with van der Waals surface area (Å²) in [5.74, 6) is 0. The van der Waals surface area contributed by atoms with Gasteiger partial charge in [0.1, 0.15) is 10.6 Å². The molecule has 3 aromatic rings. The number of fused-ring (bicyclic) bond motifs is 1. The van der Waals surface area contributed by atoms with E-state index in [4.69, 9.17) is 0 Å². The van der Waals surface area contributed by atoms with Crippen LogP contribution in [0.25, 0.3) is 16.3 Å². The fourth-order valence-corrected chi connectivity index (χ4v) is 5.78. The number of anilines is 1. The maximum atomic E-state index is 13.1. The van der Waals surface area contributed by atoms with Crippen LogP contribution in [0.3, 0.4) is 0 Å². The maximum Gasteiger partial charge on any atom is 0.291 e. The van der Waals surface area contributed by atoms with Crippen LogP contribution in [0.5, 0.6) is 0 Å². The van der Waals surface area contributed by atoms with E-state index in [1.165, 1.54) is 12.4 Å². The molecule has 2 fully saturated rings. The van der Waals surface area contributed by atoms with Gasteiger partial charge in [-0.25, -0.2) is 26.9 Å². The van der Waals surface area contributed by atoms with E-state index in [2.05, 4.69) is 30.1 Å². The summed E-state index contributed by atoms with van der Waals surface area (Å²) < 4.78 is 56.7. The molecule has 0 bridgehead atoms. The second-order valence-electron chi connectivity index (χ2n) is 8.05. The topological polar surface area (TPSA) is 105 Å². The molecule has 0 aromatic carbocycles. The number of hydrogen-bond donors (Lipinski definition) is 2. The van der Waals surface area contributed by atoms with Crippen LogP contribution in [0.4, 0.5) is 14.5 Å². The number of pyridine rings is 1. The molecule has 2 N–H and O–H groups in total. The Morgan fingerprint density at radius 1 is 1.26 bits per heavy atom. The Kier molecular flexibility index (Phi) is 4.95. The van der Waals surface area contributed by atoms with E-state index < -0.39 is 22.0 Å². The SMILES string of the molecule is CC1(NS(=O)(=O)c2cc(N3CCNCC3)c3ncc(-c4nnc(C(F)F)s4)n3c2)CC1. The zero-order valence-corrected chi connectivity index (χ0v) is 18.3. The van der Waals surface area contributed by atoms with Gasteiger partial charge in [0.2, 0.25) is 10.0 Å². The first kappa shape index (κ1) is 20.7. The summed E-state index contributed by atoms with van der Waals surface area (Å²) in [4.78, 5) is 6.64. The minimum absolute atomic E-state index is 0.0968. The zero-order chi connectivity index (χ0) is 21.8. The number of halogens is 2. The van der Waals surface area contributed by atoms with Crippen molar-refractivity contribution in [1.29, 1.82) is 0 Å². The fraction of sp³-hybridized carbons (Fsp3) is 0.500. The first-order chi connectivity index (χ1) is 14.8. The second kappa shape index (κ2) is 7.43. The Morgan fingerprint density at radius 3 is 2.65 bits per heavy atom. The van der Waals surface area contributed by atoms with Crippen LogP contribution in [0, 0.1) is 0 Å². The van der Waals surface area contributed by atoms with E-state index in [1.54, 1.807) is 10.5 Å². The standard InChI is InChI=1S/C18H21F2N7O2S2/c1-18(2-3-18)25-31(28,29)11-8-12(26-6-4-21-5-7-26)15-22-9-13(27(15)10-11)16-23-24-17(30-16)14(19)20/h8-10,14,21,25H,2-7H2,1H3. The van der Waals surface area contributed by atoms with Crippen LogP contribution in [0.15, 0.2) is 23.4 Å². The number of alkyl halides is 2. The molecule has 1 saturated carbocycles. The number of hydrogen-bond acceptors (Lipinski definition) is 8. The highest BCUT2D eigenvalue weighted by molar-refractivity contribution is 7.89. The smallest absolute Gasteiger partial charge is 0.291 e. The molecule has 0 atom stereocenters. The normalized spacial score (nSPS) is 18.8. The fourth-order valence-electron chi connectivity index (χ4n) is 3.59. The molecule has 4 heterocycles. The molecule has 1 saturated heterocycles. The summed E-state index contributed by atoms with van der Waals surface area (Å²) in [7, 11) is -3.79. The second-order valence-corrected chi connectivity index (χ2v) is 10.7. The van der Waals surface area contributed by atoms with Crippen molar-refractivity contribution in [1.82, 2.24) is 29.6 Å². The summed E-state index contributed by atoms with van der Waals surface area (Å²) >= 11 is 0.767. The van der Waals surface area contributed by atoms with Crippen LogP contribution in [0.1, 0.15) is 31.2 Å². The third-order valence-corrected chi connectivity index (χ3v) is 8.11. The van der Waals surface area contributed by atoms with Crippen LogP contribution in [0.2, 0.25) is 0 Å². The van der Waals surface area contributed by atoms with Crippen LogP contribution >= 0.6 is 11.3 Å². The van der Waals surface area contributed by atoms with E-state index in [0.717, 1.165) is 37.3 Å². The lowest BCUT2D eigenvalue weighted by Crippen LogP contribution is -2.43. The van der Waals surface area contributed by atoms with Crippen molar-refractivity contribution < 1.29 is 17.2 Å². The van der Waals surface area contributed by atoms with Gasteiger partial charge in [-0.3, -0.25) is 4.40 Å². The lowest BCUT2D eigenvalue weighted by molar-refractivity contribution is 0.150. The van der Waals surface area contributed by atoms with Gasteiger partial charge in [0, 0.05) is 37.9 Å². The average Bonchev–Trinajstić information content (AvgIpc) is 3.13. The van der Waals surface area contributed by atoms with Gasteiger partial charge in [0.05, 0.1) is 11.9 Å². The lowest BCUT2D eigenvalue weighted by atomic mass is 10.3. The van der Waals surface area contributed by atoms with Gasteiger partial charge in [0.15, 0.2) is 15.7 Å². The molecule has 1 aliphatic carbocycles. The molecule has 0 spiro atoms. The molecule has 31 heavy (non-hydrogen) atoms. The highest BCUT2D eigenvalue weighted by Crippen LogP contribution is 2.37. The van der Waals surface area contributed by atoms with Crippen molar-refractivity contribution in [2.45, 2.75) is 36.6 Å². The highest BCUT2D eigenvalue weighted by atomic mass is 32.2. The summed E-state index contributed by atoms with van der Waals surface area (Å²) in [5, 5.41) is 10.6. The van der Waals surface area contributed by atoms with Gasteiger partial charge in [-0.2, -0.15) is 0 Å². The van der Waals surface area contributed by atoms with E-state index in [-0.39, 0.29) is 14.9 Å². The number of nitrogens with one attached hydrogen (secondary N) is 2. The van der Waals surface area contributed by atoms with Crippen LogP contribution in [-0.2, 0) is 10.0 Å². The first-order valence-electron chi connectivity index (χ1n) is 9.88. The molecule has 13 heteroatoms. The molecular weight excluding hydrogens is 448 g/mol. The molecule has 2 aliphatic rings. The molecule has 9 nitrogen and oxygen atoms in total. The number of rotatable bonds is 6. The predicted octanol–water partition coefficient (Wildman–Crippen LogP) is 2.03. The van der Waals surface area contributed by atoms with Gasteiger partial charge >= 0.3 is 0 Å². The largest absolute Gasteiger partial charge is 0.366 e. The van der Waals surface area contributed by atoms with Crippen LogP contribution in [-0.4, -0.2) is 59.7 Å². The minimum Gasteiger partial charge on any atom is -0.366 e. The number of imidazole rings is 1. The maximum absolute atomic E-state index is 13.1. The van der Waals surface area contributed by atoms with Crippen molar-refractivity contribution in [3.05, 3.63) is 23.5 Å². The molecule has 0 radical (unpaired) electrons. The Hall–Kier alpha value is -2.22. The summed E-state index contributed by atoms with van der Waals surface area (Å²) in [6, 6.07) is 1.64. The van der Waals surface area contributed by atoms with Gasteiger partial charge in [-0.15, -0.1) is 10.2 Å². The van der Waals surface area contributed by atoms with Crippen molar-refractivity contribution >= 4 is 32.7 Å². The lowest BCUT2D eigenvalue weighted by Gasteiger charge is -2.30. The summed E-state index contributed by atoms with van der Waals surface area (Å²) in [5.41, 5.74) is 1.22. The van der Waals surface area contributed by atoms with E-state index >= 15 is 0 Å². The van der Waals surface area contributed by atoms with Crippen molar-refractivity contribution in [3.63, 3.8) is 0 Å². The Balaban J connectivity index is 1.66. The number of nitrogens with zero attached hydrogens (tertiary/aromatic N) is 5. The third kappa shape index (κ3) is 3.90. The van der Waals surface area contributed by atoms with E-state index in [1.807, 2.05) is 6.92 Å². The first-order valence-corrected chi connectivity index (χ1v) is 12.2. The van der Waals surface area contributed by atoms with Gasteiger partial charge in [0.25, 0.3) is 6.43 Å². The molecule has 0 unspecified atom stereocenters. The Morgan fingerprint density at radius 2 is 2.00 bits per heavy atom. The quantitative estimate of drug-likeness (QED) is 0.569. The van der Waals surface area contributed by atoms with Gasteiger partial charge < -0.3 is 10.2 Å². The zero-order valence-electron chi connectivity index (χ0n) is 16.7. The Bertz CT molecular complexity index is 1230. The minimum atomic E-state index is -3.79. The molecule has 166 valence electrons. The molecule has 5 rings (SSSR count). The molecule has 0 amide bonds. The molecular formula is C18H21F2N7O2S2. The molecule has 3 aromatic heterocycles. The monoisotopic (exact) mass is 469 g/mol. The predicted molar refractivity (Wildman–Crippen MR) is 112 cm³/mol. The Labute approximate surface area is 181 Å². The van der Waals surface area contributed by atoms with Gasteiger partial charge in [-0.05, 0) is 25.8 Å². The number of aromatic nitrogens is 4.